The monoisotopic (exact) mass is 286 g/mol. The number of ketones is 1. The van der Waals surface area contributed by atoms with Gasteiger partial charge in [-0.2, -0.15) is 0 Å². The summed E-state index contributed by atoms with van der Waals surface area (Å²) < 4.78 is 26.0. The van der Waals surface area contributed by atoms with Gasteiger partial charge in [0.1, 0.15) is 0 Å². The van der Waals surface area contributed by atoms with Crippen LogP contribution in [-0.2, 0) is 6.42 Å². The number of Topliss-reactive ketones (excluding diaryl/α,β-unsaturated/α-hetero) is 1. The Morgan fingerprint density at radius 1 is 1.00 bits per heavy atom. The van der Waals surface area contributed by atoms with Crippen LogP contribution in [0.1, 0.15) is 46.7 Å². The van der Waals surface area contributed by atoms with E-state index in [1.165, 1.54) is 30.9 Å². The normalized spacial score (nSPS) is 14.8. The van der Waals surface area contributed by atoms with Crippen LogP contribution >= 0.6 is 0 Å². The van der Waals surface area contributed by atoms with Gasteiger partial charge in [-0.25, -0.2) is 8.78 Å². The molecule has 0 unspecified atom stereocenters. The van der Waals surface area contributed by atoms with Crippen molar-refractivity contribution >= 4 is 5.78 Å². The molecular weight excluding hydrogens is 270 g/mol. The average Bonchev–Trinajstić information content (AvgIpc) is 2.42. The van der Waals surface area contributed by atoms with E-state index in [9.17, 15) is 13.6 Å². The Morgan fingerprint density at radius 2 is 1.71 bits per heavy atom. The van der Waals surface area contributed by atoms with Crippen LogP contribution in [0.5, 0.6) is 0 Å². The van der Waals surface area contributed by atoms with Crippen molar-refractivity contribution in [1.29, 1.82) is 0 Å². The predicted octanol–water partition coefficient (Wildman–Crippen LogP) is 4.66. The first-order chi connectivity index (χ1) is 10.1. The summed E-state index contributed by atoms with van der Waals surface area (Å²) in [5, 5.41) is 0. The highest BCUT2D eigenvalue weighted by atomic mass is 19.2. The molecule has 0 aromatic heterocycles. The zero-order valence-corrected chi connectivity index (χ0v) is 11.6. The third kappa shape index (κ3) is 3.02. The summed E-state index contributed by atoms with van der Waals surface area (Å²) in [6, 6.07) is 11.2. The summed E-state index contributed by atoms with van der Waals surface area (Å²) in [7, 11) is 0. The molecule has 0 spiro atoms. The number of carbonyl (C=O) groups excluding carboxylic acids is 1. The van der Waals surface area contributed by atoms with Gasteiger partial charge in [-0.3, -0.25) is 4.79 Å². The van der Waals surface area contributed by atoms with Crippen molar-refractivity contribution in [2.24, 2.45) is 0 Å². The number of hydrogen-bond donors (Lipinski definition) is 0. The maximum absolute atomic E-state index is 13.1. The number of carbonyl (C=O) groups is 1. The van der Waals surface area contributed by atoms with Gasteiger partial charge in [0.25, 0.3) is 0 Å². The van der Waals surface area contributed by atoms with Gasteiger partial charge >= 0.3 is 0 Å². The highest BCUT2D eigenvalue weighted by Gasteiger charge is 2.19. The molecule has 3 heteroatoms. The van der Waals surface area contributed by atoms with Crippen molar-refractivity contribution in [2.45, 2.75) is 31.6 Å². The molecule has 0 bridgehead atoms. The van der Waals surface area contributed by atoms with E-state index in [1.807, 2.05) is 24.3 Å². The lowest BCUT2D eigenvalue weighted by Crippen LogP contribution is -2.09. The summed E-state index contributed by atoms with van der Waals surface area (Å²) in [4.78, 5) is 12.2. The SMILES string of the molecule is O=C(Cc1ccc(F)c(F)c1)c1ccc(C2CCC2)cc1. The molecule has 2 aromatic rings. The minimum Gasteiger partial charge on any atom is -0.294 e. The fraction of sp³-hybridized carbons (Fsp3) is 0.278. The molecule has 0 radical (unpaired) electrons. The van der Waals surface area contributed by atoms with E-state index in [4.69, 9.17) is 0 Å². The van der Waals surface area contributed by atoms with Gasteiger partial charge in [-0.15, -0.1) is 0 Å². The topological polar surface area (TPSA) is 17.1 Å². The number of hydrogen-bond acceptors (Lipinski definition) is 1. The molecule has 0 atom stereocenters. The lowest BCUT2D eigenvalue weighted by molar-refractivity contribution is 0.0993. The average molecular weight is 286 g/mol. The van der Waals surface area contributed by atoms with Gasteiger partial charge in [-0.05, 0) is 42.0 Å². The summed E-state index contributed by atoms with van der Waals surface area (Å²) in [6.07, 6.45) is 3.81. The van der Waals surface area contributed by atoms with E-state index in [1.54, 1.807) is 0 Å². The summed E-state index contributed by atoms with van der Waals surface area (Å²) in [6.45, 7) is 0. The molecule has 0 amide bonds. The van der Waals surface area contributed by atoms with Crippen molar-refractivity contribution in [3.8, 4) is 0 Å². The Kier molecular flexibility index (Phi) is 3.82. The molecule has 0 N–H and O–H groups in total. The van der Waals surface area contributed by atoms with E-state index in [0.29, 0.717) is 17.0 Å². The van der Waals surface area contributed by atoms with Crippen molar-refractivity contribution < 1.29 is 13.6 Å². The van der Waals surface area contributed by atoms with Crippen molar-refractivity contribution in [3.05, 3.63) is 70.8 Å². The van der Waals surface area contributed by atoms with Crippen LogP contribution in [0.2, 0.25) is 0 Å². The molecule has 1 nitrogen and oxygen atoms in total. The van der Waals surface area contributed by atoms with Crippen LogP contribution in [-0.4, -0.2) is 5.78 Å². The fourth-order valence-electron chi connectivity index (χ4n) is 2.62. The highest BCUT2D eigenvalue weighted by Crippen LogP contribution is 2.36. The van der Waals surface area contributed by atoms with E-state index in [-0.39, 0.29) is 12.2 Å². The molecule has 3 rings (SSSR count). The van der Waals surface area contributed by atoms with Crippen molar-refractivity contribution in [1.82, 2.24) is 0 Å². The summed E-state index contributed by atoms with van der Waals surface area (Å²) in [5.41, 5.74) is 2.38. The molecule has 108 valence electrons. The molecule has 21 heavy (non-hydrogen) atoms. The lowest BCUT2D eigenvalue weighted by atomic mass is 9.80. The maximum Gasteiger partial charge on any atom is 0.167 e. The Morgan fingerprint density at radius 3 is 2.29 bits per heavy atom. The first-order valence-electron chi connectivity index (χ1n) is 7.20. The number of halogens is 2. The fourth-order valence-corrected chi connectivity index (χ4v) is 2.62. The van der Waals surface area contributed by atoms with E-state index in [0.717, 1.165) is 12.1 Å². The number of benzene rings is 2. The second-order valence-corrected chi connectivity index (χ2v) is 5.60. The zero-order valence-electron chi connectivity index (χ0n) is 11.6. The first-order valence-corrected chi connectivity index (χ1v) is 7.20. The van der Waals surface area contributed by atoms with Gasteiger partial charge in [0.05, 0.1) is 0 Å². The second-order valence-electron chi connectivity index (χ2n) is 5.60. The minimum absolute atomic E-state index is 0.0823. The molecule has 1 saturated carbocycles. The van der Waals surface area contributed by atoms with Crippen LogP contribution in [0.25, 0.3) is 0 Å². The van der Waals surface area contributed by atoms with Crippen molar-refractivity contribution in [3.63, 3.8) is 0 Å². The highest BCUT2D eigenvalue weighted by molar-refractivity contribution is 5.97. The van der Waals surface area contributed by atoms with E-state index >= 15 is 0 Å². The van der Waals surface area contributed by atoms with Gasteiger partial charge in [-0.1, -0.05) is 36.8 Å². The Bertz CT molecular complexity index is 657. The quantitative estimate of drug-likeness (QED) is 0.747. The van der Waals surface area contributed by atoms with Crippen LogP contribution in [0.15, 0.2) is 42.5 Å². The standard InChI is InChI=1S/C18H16F2O/c19-16-9-4-12(10-17(16)20)11-18(21)15-7-5-14(6-8-15)13-2-1-3-13/h4-10,13H,1-3,11H2. The first kappa shape index (κ1) is 13.9. The molecule has 1 aliphatic rings. The van der Waals surface area contributed by atoms with Crippen LogP contribution in [0, 0.1) is 11.6 Å². The van der Waals surface area contributed by atoms with Gasteiger partial charge in [0, 0.05) is 12.0 Å². The van der Waals surface area contributed by atoms with Gasteiger partial charge < -0.3 is 0 Å². The van der Waals surface area contributed by atoms with Crippen LogP contribution in [0.3, 0.4) is 0 Å². The maximum atomic E-state index is 13.1. The van der Waals surface area contributed by atoms with Gasteiger partial charge in [0.15, 0.2) is 17.4 Å². The summed E-state index contributed by atoms with van der Waals surface area (Å²) >= 11 is 0. The summed E-state index contributed by atoms with van der Waals surface area (Å²) in [5.74, 6) is -1.25. The van der Waals surface area contributed by atoms with E-state index < -0.39 is 11.6 Å². The molecule has 1 aliphatic carbocycles. The number of rotatable bonds is 4. The largest absolute Gasteiger partial charge is 0.294 e. The Hall–Kier alpha value is -2.03. The van der Waals surface area contributed by atoms with Crippen molar-refractivity contribution in [2.75, 3.05) is 0 Å². The predicted molar refractivity (Wildman–Crippen MR) is 77.4 cm³/mol. The third-order valence-corrected chi connectivity index (χ3v) is 4.16. The Balaban J connectivity index is 1.70. The second kappa shape index (κ2) is 5.76. The molecule has 0 aliphatic heterocycles. The Labute approximate surface area is 122 Å². The smallest absolute Gasteiger partial charge is 0.167 e. The molecule has 1 fully saturated rings. The van der Waals surface area contributed by atoms with Crippen LogP contribution in [0.4, 0.5) is 8.78 Å². The molecule has 0 saturated heterocycles. The van der Waals surface area contributed by atoms with E-state index in [2.05, 4.69) is 0 Å². The molecular formula is C18H16F2O. The third-order valence-electron chi connectivity index (χ3n) is 4.16. The van der Waals surface area contributed by atoms with Crippen LogP contribution < -0.4 is 0 Å². The lowest BCUT2D eigenvalue weighted by Gasteiger charge is -2.25. The molecule has 2 aromatic carbocycles. The minimum atomic E-state index is -0.916. The molecule has 0 heterocycles. The zero-order chi connectivity index (χ0) is 14.8. The van der Waals surface area contributed by atoms with Gasteiger partial charge in [0.2, 0.25) is 0 Å².